The Kier molecular flexibility index (Phi) is 5.21. The van der Waals surface area contributed by atoms with Crippen LogP contribution in [0.3, 0.4) is 0 Å². The smallest absolute Gasteiger partial charge is 0.218 e. The van der Waals surface area contributed by atoms with E-state index in [0.29, 0.717) is 13.2 Å². The van der Waals surface area contributed by atoms with E-state index in [1.807, 2.05) is 61.5 Å². The van der Waals surface area contributed by atoms with Gasteiger partial charge < -0.3 is 4.74 Å². The molecule has 1 aliphatic rings. The summed E-state index contributed by atoms with van der Waals surface area (Å²) in [6.45, 7) is 3.16. The van der Waals surface area contributed by atoms with Gasteiger partial charge in [-0.05, 0) is 43.0 Å². The summed E-state index contributed by atoms with van der Waals surface area (Å²) < 4.78 is 32.8. The molecule has 2 aromatic carbocycles. The van der Waals surface area contributed by atoms with Crippen molar-refractivity contribution in [2.24, 2.45) is 0 Å². The van der Waals surface area contributed by atoms with E-state index < -0.39 is 10.0 Å². The van der Waals surface area contributed by atoms with E-state index in [-0.39, 0.29) is 11.8 Å². The molecular formula is C19H23NO3S. The minimum Gasteiger partial charge on any atom is -0.494 e. The van der Waals surface area contributed by atoms with Crippen LogP contribution in [-0.4, -0.2) is 25.9 Å². The van der Waals surface area contributed by atoms with Crippen LogP contribution in [0.1, 0.15) is 36.9 Å². The molecule has 0 unspecified atom stereocenters. The number of benzene rings is 2. The highest BCUT2D eigenvalue weighted by Gasteiger charge is 2.35. The van der Waals surface area contributed by atoms with Crippen LogP contribution < -0.4 is 4.74 Å². The molecule has 1 aliphatic heterocycles. The van der Waals surface area contributed by atoms with Crippen LogP contribution in [0.15, 0.2) is 54.6 Å². The molecule has 0 spiro atoms. The summed E-state index contributed by atoms with van der Waals surface area (Å²) in [5, 5.41) is 0. The van der Waals surface area contributed by atoms with Crippen LogP contribution in [-0.2, 0) is 15.8 Å². The molecule has 4 nitrogen and oxygen atoms in total. The molecule has 0 N–H and O–H groups in total. The summed E-state index contributed by atoms with van der Waals surface area (Å²) in [5.41, 5.74) is 1.86. The van der Waals surface area contributed by atoms with Crippen LogP contribution in [0.2, 0.25) is 0 Å². The summed E-state index contributed by atoms with van der Waals surface area (Å²) in [5.74, 6) is 0.874. The number of nitrogens with zero attached hydrogens (tertiary/aromatic N) is 1. The zero-order valence-electron chi connectivity index (χ0n) is 13.9. The number of sulfonamides is 1. The Bertz CT molecular complexity index is 757. The molecule has 3 rings (SSSR count). The zero-order chi connectivity index (χ0) is 17.0. The van der Waals surface area contributed by atoms with Crippen LogP contribution in [0.5, 0.6) is 5.75 Å². The summed E-state index contributed by atoms with van der Waals surface area (Å²) in [6, 6.07) is 17.1. The van der Waals surface area contributed by atoms with Gasteiger partial charge >= 0.3 is 0 Å². The van der Waals surface area contributed by atoms with Crippen molar-refractivity contribution >= 4 is 10.0 Å². The van der Waals surface area contributed by atoms with Gasteiger partial charge in [0.15, 0.2) is 0 Å². The van der Waals surface area contributed by atoms with Gasteiger partial charge in [0.2, 0.25) is 10.0 Å². The van der Waals surface area contributed by atoms with E-state index >= 15 is 0 Å². The maximum absolute atomic E-state index is 12.9. The van der Waals surface area contributed by atoms with Crippen molar-refractivity contribution in [1.29, 1.82) is 0 Å². The monoisotopic (exact) mass is 345 g/mol. The zero-order valence-corrected chi connectivity index (χ0v) is 14.7. The maximum atomic E-state index is 12.9. The fourth-order valence-electron chi connectivity index (χ4n) is 3.23. The van der Waals surface area contributed by atoms with Gasteiger partial charge in [0.1, 0.15) is 5.75 Å². The van der Waals surface area contributed by atoms with Crippen molar-refractivity contribution in [1.82, 2.24) is 4.31 Å². The lowest BCUT2D eigenvalue weighted by molar-refractivity contribution is 0.339. The Labute approximate surface area is 144 Å². The van der Waals surface area contributed by atoms with Gasteiger partial charge in [-0.3, -0.25) is 0 Å². The lowest BCUT2D eigenvalue weighted by Crippen LogP contribution is -2.31. The van der Waals surface area contributed by atoms with Crippen LogP contribution in [0.4, 0.5) is 0 Å². The van der Waals surface area contributed by atoms with Crippen LogP contribution in [0, 0.1) is 0 Å². The van der Waals surface area contributed by atoms with Crippen molar-refractivity contribution in [3.05, 3.63) is 65.7 Å². The molecule has 5 heteroatoms. The van der Waals surface area contributed by atoms with E-state index in [0.717, 1.165) is 29.7 Å². The number of hydrogen-bond donors (Lipinski definition) is 0. The second kappa shape index (κ2) is 7.36. The summed E-state index contributed by atoms with van der Waals surface area (Å²) in [4.78, 5) is 0. The molecule has 0 aromatic heterocycles. The number of rotatable bonds is 6. The van der Waals surface area contributed by atoms with Crippen LogP contribution in [0.25, 0.3) is 0 Å². The molecule has 128 valence electrons. The second-order valence-corrected chi connectivity index (χ2v) is 7.93. The van der Waals surface area contributed by atoms with Gasteiger partial charge in [-0.15, -0.1) is 0 Å². The molecule has 0 aliphatic carbocycles. The Morgan fingerprint density at radius 2 is 1.79 bits per heavy atom. The second-order valence-electron chi connectivity index (χ2n) is 6.01. The standard InChI is InChI=1S/C19H23NO3S/c1-2-23-18-12-10-17(11-13-18)19-9-6-14-20(19)24(21,22)15-16-7-4-3-5-8-16/h3-5,7-8,10-13,19H,2,6,9,14-15H2,1H3/t19-/m1/s1. The first-order valence-corrected chi connectivity index (χ1v) is 9.97. The third-order valence-corrected chi connectivity index (χ3v) is 6.18. The fourth-order valence-corrected chi connectivity index (χ4v) is 5.03. The first-order chi connectivity index (χ1) is 11.6. The third-order valence-electron chi connectivity index (χ3n) is 4.33. The Hall–Kier alpha value is -1.85. The average Bonchev–Trinajstić information content (AvgIpc) is 3.07. The molecule has 0 saturated carbocycles. The van der Waals surface area contributed by atoms with Crippen molar-refractivity contribution in [2.45, 2.75) is 31.6 Å². The molecule has 1 heterocycles. The minimum atomic E-state index is -3.33. The Balaban J connectivity index is 1.79. The average molecular weight is 345 g/mol. The van der Waals surface area contributed by atoms with Gasteiger partial charge in [0.05, 0.1) is 12.4 Å². The lowest BCUT2D eigenvalue weighted by Gasteiger charge is -2.24. The van der Waals surface area contributed by atoms with Gasteiger partial charge in [0.25, 0.3) is 0 Å². The molecule has 0 amide bonds. The predicted octanol–water partition coefficient (Wildman–Crippen LogP) is 3.75. The number of ether oxygens (including phenoxy) is 1. The van der Waals surface area contributed by atoms with Crippen molar-refractivity contribution in [3.63, 3.8) is 0 Å². The SMILES string of the molecule is CCOc1ccc([C@H]2CCCN2S(=O)(=O)Cc2ccccc2)cc1. The lowest BCUT2D eigenvalue weighted by atomic mass is 10.1. The van der Waals surface area contributed by atoms with Gasteiger partial charge in [-0.25, -0.2) is 8.42 Å². The number of hydrogen-bond acceptors (Lipinski definition) is 3. The molecule has 1 saturated heterocycles. The Morgan fingerprint density at radius 1 is 1.08 bits per heavy atom. The highest BCUT2D eigenvalue weighted by atomic mass is 32.2. The van der Waals surface area contributed by atoms with Crippen molar-refractivity contribution < 1.29 is 13.2 Å². The van der Waals surface area contributed by atoms with E-state index in [4.69, 9.17) is 4.74 Å². The van der Waals surface area contributed by atoms with E-state index in [1.54, 1.807) is 4.31 Å². The highest BCUT2D eigenvalue weighted by Crippen LogP contribution is 2.35. The van der Waals surface area contributed by atoms with Crippen molar-refractivity contribution in [2.75, 3.05) is 13.2 Å². The third kappa shape index (κ3) is 3.79. The largest absolute Gasteiger partial charge is 0.494 e. The van der Waals surface area contributed by atoms with Gasteiger partial charge in [-0.2, -0.15) is 4.31 Å². The summed E-state index contributed by atoms with van der Waals surface area (Å²) in [6.07, 6.45) is 1.76. The van der Waals surface area contributed by atoms with Crippen LogP contribution >= 0.6 is 0 Å². The normalized spacial score (nSPS) is 18.6. The molecule has 24 heavy (non-hydrogen) atoms. The highest BCUT2D eigenvalue weighted by molar-refractivity contribution is 7.88. The molecule has 1 atom stereocenters. The van der Waals surface area contributed by atoms with E-state index in [1.165, 1.54) is 0 Å². The van der Waals surface area contributed by atoms with Gasteiger partial charge in [-0.1, -0.05) is 42.5 Å². The first-order valence-electron chi connectivity index (χ1n) is 8.36. The molecule has 0 bridgehead atoms. The first kappa shape index (κ1) is 17.0. The molecule has 0 radical (unpaired) electrons. The molecule has 2 aromatic rings. The molecular weight excluding hydrogens is 322 g/mol. The van der Waals surface area contributed by atoms with E-state index in [2.05, 4.69) is 0 Å². The van der Waals surface area contributed by atoms with E-state index in [9.17, 15) is 8.42 Å². The minimum absolute atomic E-state index is 0.0569. The quantitative estimate of drug-likeness (QED) is 0.801. The fraction of sp³-hybridized carbons (Fsp3) is 0.368. The Morgan fingerprint density at radius 3 is 2.46 bits per heavy atom. The topological polar surface area (TPSA) is 46.6 Å². The van der Waals surface area contributed by atoms with Gasteiger partial charge in [0, 0.05) is 12.6 Å². The van der Waals surface area contributed by atoms with Crippen molar-refractivity contribution in [3.8, 4) is 5.75 Å². The summed E-state index contributed by atoms with van der Waals surface area (Å²) in [7, 11) is -3.33. The maximum Gasteiger partial charge on any atom is 0.218 e. The predicted molar refractivity (Wildman–Crippen MR) is 95.4 cm³/mol. The summed E-state index contributed by atoms with van der Waals surface area (Å²) >= 11 is 0. The molecule has 1 fully saturated rings.